The summed E-state index contributed by atoms with van der Waals surface area (Å²) >= 11 is 0. The molecule has 2 aromatic heterocycles. The van der Waals surface area contributed by atoms with E-state index in [0.29, 0.717) is 0 Å². The van der Waals surface area contributed by atoms with Gasteiger partial charge < -0.3 is 24.1 Å². The Morgan fingerprint density at radius 3 is 2.81 bits per heavy atom. The smallest absolute Gasteiger partial charge is 0.450 e. The van der Waals surface area contributed by atoms with Crippen molar-refractivity contribution in [2.75, 3.05) is 25.1 Å². The van der Waals surface area contributed by atoms with Crippen molar-refractivity contribution in [3.8, 4) is 12.3 Å². The lowest BCUT2D eigenvalue weighted by molar-refractivity contribution is -0.0973. The minimum atomic E-state index is -1.66. The molecular formula is C18H20FN5O7. The molecule has 1 fully saturated rings. The number of rotatable bonds is 6. The zero-order valence-electron chi connectivity index (χ0n) is 16.7. The van der Waals surface area contributed by atoms with E-state index in [-0.39, 0.29) is 36.6 Å². The normalized spacial score (nSPS) is 22.7. The number of aliphatic hydroxyl groups excluding tert-OH is 1. The van der Waals surface area contributed by atoms with Gasteiger partial charge in [0, 0.05) is 6.42 Å². The number of carbonyl (C=O) groups is 2. The van der Waals surface area contributed by atoms with Gasteiger partial charge in [0.2, 0.25) is 0 Å². The molecule has 2 N–H and O–H groups in total. The Morgan fingerprint density at radius 1 is 1.42 bits per heavy atom. The SMILES string of the molecule is C#C[C@]1(CO)O[C@@H](n2cnc3c(NC(=O)OCC)nc(F)nc32)C[C@H]1OC(=O)OCC. The number of fused-ring (bicyclic) bond motifs is 1. The van der Waals surface area contributed by atoms with Gasteiger partial charge in [-0.1, -0.05) is 5.92 Å². The predicted molar refractivity (Wildman–Crippen MR) is 101 cm³/mol. The zero-order chi connectivity index (χ0) is 22.6. The second-order valence-corrected chi connectivity index (χ2v) is 6.30. The first-order valence-corrected chi connectivity index (χ1v) is 9.31. The minimum absolute atomic E-state index is 0.0126. The summed E-state index contributed by atoms with van der Waals surface area (Å²) in [5, 5.41) is 12.1. The van der Waals surface area contributed by atoms with Crippen LogP contribution in [0.15, 0.2) is 6.33 Å². The van der Waals surface area contributed by atoms with Crippen LogP contribution in [0.4, 0.5) is 19.8 Å². The fourth-order valence-corrected chi connectivity index (χ4v) is 3.09. The lowest BCUT2D eigenvalue weighted by atomic mass is 9.99. The van der Waals surface area contributed by atoms with Crippen LogP contribution in [0.2, 0.25) is 0 Å². The molecule has 1 aliphatic rings. The average Bonchev–Trinajstić information content (AvgIpc) is 3.30. The molecule has 0 aromatic carbocycles. The second-order valence-electron chi connectivity index (χ2n) is 6.30. The number of terminal acetylenes is 1. The monoisotopic (exact) mass is 437 g/mol. The van der Waals surface area contributed by atoms with E-state index in [1.165, 1.54) is 10.9 Å². The zero-order valence-corrected chi connectivity index (χ0v) is 16.7. The van der Waals surface area contributed by atoms with Crippen LogP contribution in [-0.2, 0) is 18.9 Å². The van der Waals surface area contributed by atoms with Gasteiger partial charge in [0.25, 0.3) is 0 Å². The van der Waals surface area contributed by atoms with E-state index in [2.05, 4.69) is 26.2 Å². The summed E-state index contributed by atoms with van der Waals surface area (Å²) in [5.74, 6) is 2.10. The highest BCUT2D eigenvalue weighted by Gasteiger charge is 2.51. The Bertz CT molecular complexity index is 1020. The molecule has 31 heavy (non-hydrogen) atoms. The number of aliphatic hydroxyl groups is 1. The standard InChI is InChI=1S/C18H20FN5O7/c1-4-18(8-25)10(30-17(27)29-6-3)7-11(31-18)24-9-20-12-13(22-16(26)28-5-2)21-15(19)23-14(12)24/h1,9-11,25H,5-8H2,2-3H3,(H,21,22,23,26)/t10-,11-,18-/m1/s1. The van der Waals surface area contributed by atoms with Gasteiger partial charge in [-0.15, -0.1) is 6.42 Å². The Morgan fingerprint density at radius 2 is 2.16 bits per heavy atom. The molecule has 13 heteroatoms. The molecule has 166 valence electrons. The van der Waals surface area contributed by atoms with E-state index in [9.17, 15) is 19.1 Å². The molecule has 12 nitrogen and oxygen atoms in total. The molecule has 2 aromatic rings. The van der Waals surface area contributed by atoms with Crippen LogP contribution in [-0.4, -0.2) is 68.4 Å². The molecule has 1 amide bonds. The fourth-order valence-electron chi connectivity index (χ4n) is 3.09. The molecule has 3 rings (SSSR count). The number of nitrogens with one attached hydrogen (secondary N) is 1. The number of ether oxygens (including phenoxy) is 4. The predicted octanol–water partition coefficient (Wildman–Crippen LogP) is 1.36. The molecule has 1 saturated heterocycles. The number of halogens is 1. The number of anilines is 1. The molecular weight excluding hydrogens is 417 g/mol. The van der Waals surface area contributed by atoms with E-state index in [0.717, 1.165) is 0 Å². The van der Waals surface area contributed by atoms with Crippen LogP contribution in [0.3, 0.4) is 0 Å². The van der Waals surface area contributed by atoms with E-state index < -0.39 is 42.9 Å². The second kappa shape index (κ2) is 9.11. The summed E-state index contributed by atoms with van der Waals surface area (Å²) in [6.07, 6.45) is 1.84. The van der Waals surface area contributed by atoms with Gasteiger partial charge in [-0.2, -0.15) is 14.4 Å². The third kappa shape index (κ3) is 4.35. The quantitative estimate of drug-likeness (QED) is 0.386. The Hall–Kier alpha value is -3.50. The third-order valence-electron chi connectivity index (χ3n) is 4.46. The van der Waals surface area contributed by atoms with Crippen LogP contribution in [0, 0.1) is 18.4 Å². The summed E-state index contributed by atoms with van der Waals surface area (Å²) < 4.78 is 35.9. The van der Waals surface area contributed by atoms with Gasteiger partial charge >= 0.3 is 18.3 Å². The third-order valence-corrected chi connectivity index (χ3v) is 4.46. The molecule has 0 saturated carbocycles. The van der Waals surface area contributed by atoms with Gasteiger partial charge in [0.05, 0.1) is 26.1 Å². The maximum atomic E-state index is 14.0. The number of amides is 1. The fraction of sp³-hybridized carbons (Fsp3) is 0.500. The van der Waals surface area contributed by atoms with Crippen molar-refractivity contribution >= 4 is 29.2 Å². The largest absolute Gasteiger partial charge is 0.508 e. The number of aromatic nitrogens is 4. The Kier molecular flexibility index (Phi) is 6.52. The molecule has 3 heterocycles. The Labute approximate surface area is 175 Å². The van der Waals surface area contributed by atoms with Crippen molar-refractivity contribution in [2.45, 2.75) is 38.2 Å². The molecule has 1 aliphatic heterocycles. The molecule has 0 spiro atoms. The first-order valence-electron chi connectivity index (χ1n) is 9.31. The van der Waals surface area contributed by atoms with Crippen molar-refractivity contribution in [3.05, 3.63) is 12.4 Å². The number of nitrogens with zero attached hydrogens (tertiary/aromatic N) is 4. The number of imidazole rings is 1. The first kappa shape index (κ1) is 22.2. The first-order chi connectivity index (χ1) is 14.9. The maximum Gasteiger partial charge on any atom is 0.508 e. The summed E-state index contributed by atoms with van der Waals surface area (Å²) in [7, 11) is 0. The van der Waals surface area contributed by atoms with E-state index in [4.69, 9.17) is 25.4 Å². The minimum Gasteiger partial charge on any atom is -0.450 e. The summed E-state index contributed by atoms with van der Waals surface area (Å²) in [6, 6.07) is 0. The lowest BCUT2D eigenvalue weighted by Gasteiger charge is -2.26. The summed E-state index contributed by atoms with van der Waals surface area (Å²) in [4.78, 5) is 34.8. The van der Waals surface area contributed by atoms with E-state index >= 15 is 0 Å². The number of hydrogen-bond acceptors (Lipinski definition) is 10. The molecule has 0 aliphatic carbocycles. The molecule has 3 atom stereocenters. The molecule has 0 radical (unpaired) electrons. The van der Waals surface area contributed by atoms with Crippen molar-refractivity contribution in [1.29, 1.82) is 0 Å². The topological polar surface area (TPSA) is 147 Å². The van der Waals surface area contributed by atoms with E-state index in [1.807, 2.05) is 0 Å². The van der Waals surface area contributed by atoms with Gasteiger partial charge in [-0.05, 0) is 13.8 Å². The van der Waals surface area contributed by atoms with Gasteiger partial charge in [0.15, 0.2) is 28.7 Å². The highest BCUT2D eigenvalue weighted by molar-refractivity contribution is 5.93. The van der Waals surface area contributed by atoms with Crippen LogP contribution < -0.4 is 5.32 Å². The van der Waals surface area contributed by atoms with Gasteiger partial charge in [0.1, 0.15) is 6.23 Å². The summed E-state index contributed by atoms with van der Waals surface area (Å²) in [5.41, 5.74) is -1.63. The highest BCUT2D eigenvalue weighted by Crippen LogP contribution is 2.39. The van der Waals surface area contributed by atoms with Crippen LogP contribution in [0.5, 0.6) is 0 Å². The Balaban J connectivity index is 1.94. The van der Waals surface area contributed by atoms with Gasteiger partial charge in [-0.25, -0.2) is 14.6 Å². The van der Waals surface area contributed by atoms with Crippen molar-refractivity contribution < 1.29 is 38.0 Å². The van der Waals surface area contributed by atoms with Crippen LogP contribution >= 0.6 is 0 Å². The van der Waals surface area contributed by atoms with Gasteiger partial charge in [-0.3, -0.25) is 9.88 Å². The highest BCUT2D eigenvalue weighted by atomic mass is 19.1. The number of hydrogen-bond donors (Lipinski definition) is 2. The molecule has 0 bridgehead atoms. The van der Waals surface area contributed by atoms with Crippen molar-refractivity contribution in [1.82, 2.24) is 19.5 Å². The maximum absolute atomic E-state index is 14.0. The van der Waals surface area contributed by atoms with Crippen molar-refractivity contribution in [2.24, 2.45) is 0 Å². The lowest BCUT2D eigenvalue weighted by Crippen LogP contribution is -2.44. The number of carbonyl (C=O) groups excluding carboxylic acids is 2. The van der Waals surface area contributed by atoms with Crippen LogP contribution in [0.1, 0.15) is 26.5 Å². The van der Waals surface area contributed by atoms with Crippen LogP contribution in [0.25, 0.3) is 11.2 Å². The van der Waals surface area contributed by atoms with E-state index in [1.54, 1.807) is 13.8 Å². The summed E-state index contributed by atoms with van der Waals surface area (Å²) in [6.45, 7) is 2.73. The van der Waals surface area contributed by atoms with Crippen molar-refractivity contribution in [3.63, 3.8) is 0 Å². The molecule has 0 unspecified atom stereocenters. The average molecular weight is 437 g/mol.